The van der Waals surface area contributed by atoms with Crippen molar-refractivity contribution in [2.24, 2.45) is 0 Å². The quantitative estimate of drug-likeness (QED) is 0.232. The van der Waals surface area contributed by atoms with Crippen LogP contribution in [0.2, 0.25) is 0 Å². The normalized spacial score (nSPS) is 13.3. The first kappa shape index (κ1) is 24.0. The van der Waals surface area contributed by atoms with Crippen LogP contribution >= 0.6 is 22.7 Å². The number of aryl methyl sites for hydroxylation is 2. The van der Waals surface area contributed by atoms with E-state index in [9.17, 15) is 10.2 Å². The summed E-state index contributed by atoms with van der Waals surface area (Å²) in [5, 5.41) is 29.7. The fourth-order valence-electron chi connectivity index (χ4n) is 6.30. The Morgan fingerprint density at radius 1 is 0.564 bits per heavy atom. The smallest absolute Gasteiger partial charge is 0.118 e. The predicted octanol–water partition coefficient (Wildman–Crippen LogP) is 9.53. The van der Waals surface area contributed by atoms with Crippen molar-refractivity contribution in [2.75, 3.05) is 0 Å². The van der Waals surface area contributed by atoms with E-state index in [4.69, 9.17) is 0 Å². The van der Waals surface area contributed by atoms with Crippen LogP contribution in [0.5, 0.6) is 11.5 Å². The SMILES string of the molecule is Cc1cc(C2(c3ccc(O)c(C)c3)c3cccc(-c4ccsc4)c3-c3c(-c4ccsc4)cccc32)ccc1O. The summed E-state index contributed by atoms with van der Waals surface area (Å²) in [6.45, 7) is 3.91. The third-order valence-corrected chi connectivity index (χ3v) is 9.48. The van der Waals surface area contributed by atoms with E-state index in [0.717, 1.165) is 22.3 Å². The van der Waals surface area contributed by atoms with Gasteiger partial charge in [0.25, 0.3) is 0 Å². The largest absolute Gasteiger partial charge is 0.508 e. The van der Waals surface area contributed by atoms with Crippen LogP contribution in [-0.2, 0) is 5.41 Å². The van der Waals surface area contributed by atoms with E-state index in [1.807, 2.05) is 26.0 Å². The minimum atomic E-state index is -0.639. The highest BCUT2D eigenvalue weighted by Crippen LogP contribution is 2.60. The lowest BCUT2D eigenvalue weighted by Gasteiger charge is -2.34. The Morgan fingerprint density at radius 3 is 1.41 bits per heavy atom. The minimum absolute atomic E-state index is 0.285. The van der Waals surface area contributed by atoms with Crippen LogP contribution in [0.25, 0.3) is 33.4 Å². The first-order chi connectivity index (χ1) is 19.0. The van der Waals surface area contributed by atoms with Gasteiger partial charge >= 0.3 is 0 Å². The molecule has 4 heteroatoms. The summed E-state index contributed by atoms with van der Waals surface area (Å²) in [7, 11) is 0. The van der Waals surface area contributed by atoms with Gasteiger partial charge in [-0.25, -0.2) is 0 Å². The van der Waals surface area contributed by atoms with E-state index in [1.165, 1.54) is 44.5 Å². The summed E-state index contributed by atoms with van der Waals surface area (Å²) in [5.74, 6) is 0.571. The average Bonchev–Trinajstić information content (AvgIpc) is 3.72. The molecule has 190 valence electrons. The Labute approximate surface area is 236 Å². The molecule has 0 saturated carbocycles. The first-order valence-electron chi connectivity index (χ1n) is 12.9. The molecule has 0 unspecified atom stereocenters. The van der Waals surface area contributed by atoms with E-state index < -0.39 is 5.41 Å². The van der Waals surface area contributed by atoms with E-state index in [1.54, 1.807) is 22.7 Å². The highest BCUT2D eigenvalue weighted by Gasteiger charge is 2.48. The molecular formula is C35H26O2S2. The standard InChI is InChI=1S/C35H26O2S2/c1-21-17-25(9-11-31(21)36)35(26-10-12-32(37)22(2)18-26)29-7-3-5-27(23-13-15-38-19-23)33(29)34-28(6-4-8-30(34)35)24-14-16-39-20-24/h3-20,36-37H,1-2H3. The number of phenols is 2. The summed E-state index contributed by atoms with van der Waals surface area (Å²) in [6, 6.07) is 29.7. The molecule has 0 bridgehead atoms. The Kier molecular flexibility index (Phi) is 5.51. The third kappa shape index (κ3) is 3.45. The van der Waals surface area contributed by atoms with Gasteiger partial charge in [-0.1, -0.05) is 60.7 Å². The lowest BCUT2D eigenvalue weighted by molar-refractivity contribution is 0.470. The van der Waals surface area contributed by atoms with Gasteiger partial charge in [0.05, 0.1) is 5.41 Å². The molecular weight excluding hydrogens is 517 g/mol. The molecule has 2 aromatic heterocycles. The van der Waals surface area contributed by atoms with Gasteiger partial charge in [-0.3, -0.25) is 0 Å². The predicted molar refractivity (Wildman–Crippen MR) is 163 cm³/mol. The monoisotopic (exact) mass is 542 g/mol. The first-order valence-corrected chi connectivity index (χ1v) is 14.8. The number of aromatic hydroxyl groups is 2. The van der Waals surface area contributed by atoms with Gasteiger partial charge in [0.15, 0.2) is 0 Å². The molecule has 0 spiro atoms. The topological polar surface area (TPSA) is 40.5 Å². The number of phenolic OH excluding ortho intramolecular Hbond substituents is 2. The Balaban J connectivity index is 1.70. The van der Waals surface area contributed by atoms with Crippen LogP contribution in [0.1, 0.15) is 33.4 Å². The van der Waals surface area contributed by atoms with Crippen molar-refractivity contribution in [1.29, 1.82) is 0 Å². The van der Waals surface area contributed by atoms with Crippen LogP contribution in [0.15, 0.2) is 106 Å². The lowest BCUT2D eigenvalue weighted by atomic mass is 9.67. The molecule has 0 aliphatic heterocycles. The van der Waals surface area contributed by atoms with Gasteiger partial charge < -0.3 is 10.2 Å². The van der Waals surface area contributed by atoms with Crippen molar-refractivity contribution >= 4 is 22.7 Å². The van der Waals surface area contributed by atoms with E-state index in [-0.39, 0.29) is 11.5 Å². The molecule has 0 fully saturated rings. The van der Waals surface area contributed by atoms with Gasteiger partial charge in [-0.2, -0.15) is 22.7 Å². The summed E-state index contributed by atoms with van der Waals surface area (Å²) in [5.41, 5.74) is 13.0. The maximum Gasteiger partial charge on any atom is 0.118 e. The average molecular weight is 543 g/mol. The molecule has 6 aromatic rings. The molecule has 1 aliphatic rings. The number of benzene rings is 4. The molecule has 4 aromatic carbocycles. The maximum absolute atomic E-state index is 10.5. The zero-order valence-electron chi connectivity index (χ0n) is 21.6. The second-order valence-corrected chi connectivity index (χ2v) is 11.8. The fraction of sp³-hybridized carbons (Fsp3) is 0.0857. The van der Waals surface area contributed by atoms with Crippen LogP contribution in [0.4, 0.5) is 0 Å². The highest BCUT2D eigenvalue weighted by atomic mass is 32.1. The van der Waals surface area contributed by atoms with Gasteiger partial charge in [-0.15, -0.1) is 0 Å². The van der Waals surface area contributed by atoms with Crippen LogP contribution < -0.4 is 0 Å². The molecule has 0 saturated heterocycles. The van der Waals surface area contributed by atoms with Crippen LogP contribution in [0.3, 0.4) is 0 Å². The number of hydrogen-bond donors (Lipinski definition) is 2. The van der Waals surface area contributed by atoms with Gasteiger partial charge in [0.1, 0.15) is 11.5 Å². The van der Waals surface area contributed by atoms with Crippen molar-refractivity contribution < 1.29 is 10.2 Å². The zero-order valence-corrected chi connectivity index (χ0v) is 23.2. The van der Waals surface area contributed by atoms with Crippen molar-refractivity contribution in [3.63, 3.8) is 0 Å². The maximum atomic E-state index is 10.5. The van der Waals surface area contributed by atoms with Crippen molar-refractivity contribution in [3.8, 4) is 44.9 Å². The van der Waals surface area contributed by atoms with Gasteiger partial charge in [0.2, 0.25) is 0 Å². The fourth-order valence-corrected chi connectivity index (χ4v) is 7.61. The molecule has 2 nitrogen and oxygen atoms in total. The number of thiophene rings is 2. The molecule has 7 rings (SSSR count). The molecule has 0 atom stereocenters. The van der Waals surface area contributed by atoms with Gasteiger partial charge in [0, 0.05) is 0 Å². The third-order valence-electron chi connectivity index (χ3n) is 8.11. The van der Waals surface area contributed by atoms with Crippen molar-refractivity contribution in [2.45, 2.75) is 19.3 Å². The molecule has 0 radical (unpaired) electrons. The molecule has 39 heavy (non-hydrogen) atoms. The second kappa shape index (κ2) is 8.98. The van der Waals surface area contributed by atoms with E-state index in [0.29, 0.717) is 0 Å². The Morgan fingerprint density at radius 2 is 1.03 bits per heavy atom. The summed E-state index contributed by atoms with van der Waals surface area (Å²) < 4.78 is 0. The van der Waals surface area contributed by atoms with Gasteiger partial charge in [-0.05, 0) is 126 Å². The molecule has 0 amide bonds. The number of hydrogen-bond acceptors (Lipinski definition) is 4. The lowest BCUT2D eigenvalue weighted by Crippen LogP contribution is -2.29. The van der Waals surface area contributed by atoms with Crippen LogP contribution in [0, 0.1) is 13.8 Å². The summed E-state index contributed by atoms with van der Waals surface area (Å²) in [6.07, 6.45) is 0. The second-order valence-electron chi connectivity index (χ2n) is 10.2. The van der Waals surface area contributed by atoms with Crippen LogP contribution in [-0.4, -0.2) is 10.2 Å². The zero-order chi connectivity index (χ0) is 26.7. The van der Waals surface area contributed by atoms with Crippen molar-refractivity contribution in [3.05, 3.63) is 140 Å². The Bertz CT molecular complexity index is 1710. The minimum Gasteiger partial charge on any atom is -0.508 e. The summed E-state index contributed by atoms with van der Waals surface area (Å²) in [4.78, 5) is 0. The molecule has 1 aliphatic carbocycles. The molecule has 2 N–H and O–H groups in total. The van der Waals surface area contributed by atoms with Crippen molar-refractivity contribution in [1.82, 2.24) is 0 Å². The molecule has 2 heterocycles. The number of fused-ring (bicyclic) bond motifs is 3. The summed E-state index contributed by atoms with van der Waals surface area (Å²) >= 11 is 3.42. The number of rotatable bonds is 4. The Hall–Kier alpha value is -4.12. The van der Waals surface area contributed by atoms with E-state index in [2.05, 4.69) is 94.3 Å². The highest BCUT2D eigenvalue weighted by molar-refractivity contribution is 7.08. The van der Waals surface area contributed by atoms with E-state index >= 15 is 0 Å².